The Morgan fingerprint density at radius 2 is 1.94 bits per heavy atom. The SMILES string of the molecule is CCNC(C#N)CCN1C(=O)C2C(C1=O)C2(C)C. The van der Waals surface area contributed by atoms with Crippen molar-refractivity contribution in [2.45, 2.75) is 33.2 Å². The molecule has 0 aromatic carbocycles. The van der Waals surface area contributed by atoms with Crippen LogP contribution >= 0.6 is 0 Å². The average molecular weight is 249 g/mol. The molecule has 18 heavy (non-hydrogen) atoms. The summed E-state index contributed by atoms with van der Waals surface area (Å²) in [5.41, 5.74) is -0.152. The highest BCUT2D eigenvalue weighted by molar-refractivity contribution is 6.10. The summed E-state index contributed by atoms with van der Waals surface area (Å²) >= 11 is 0. The lowest BCUT2D eigenvalue weighted by molar-refractivity contribution is -0.143. The Balaban J connectivity index is 1.92. The van der Waals surface area contributed by atoms with Crippen LogP contribution < -0.4 is 5.32 Å². The van der Waals surface area contributed by atoms with Crippen LogP contribution in [0.4, 0.5) is 0 Å². The van der Waals surface area contributed by atoms with Crippen LogP contribution in [-0.4, -0.2) is 35.8 Å². The van der Waals surface area contributed by atoms with Crippen molar-refractivity contribution >= 4 is 11.8 Å². The minimum absolute atomic E-state index is 0.0526. The molecule has 2 rings (SSSR count). The number of hydrogen-bond donors (Lipinski definition) is 1. The zero-order valence-electron chi connectivity index (χ0n) is 11.1. The van der Waals surface area contributed by atoms with Gasteiger partial charge in [0.15, 0.2) is 0 Å². The van der Waals surface area contributed by atoms with E-state index < -0.39 is 0 Å². The van der Waals surface area contributed by atoms with Gasteiger partial charge in [0, 0.05) is 6.54 Å². The Morgan fingerprint density at radius 3 is 2.39 bits per heavy atom. The summed E-state index contributed by atoms with van der Waals surface area (Å²) in [5.74, 6) is -0.347. The molecule has 98 valence electrons. The van der Waals surface area contributed by atoms with Crippen LogP contribution in [0.15, 0.2) is 0 Å². The van der Waals surface area contributed by atoms with E-state index in [4.69, 9.17) is 5.26 Å². The van der Waals surface area contributed by atoms with Crippen molar-refractivity contribution < 1.29 is 9.59 Å². The van der Waals surface area contributed by atoms with Gasteiger partial charge in [-0.1, -0.05) is 20.8 Å². The predicted molar refractivity (Wildman–Crippen MR) is 65.2 cm³/mol. The first-order valence-electron chi connectivity index (χ1n) is 6.43. The van der Waals surface area contributed by atoms with Crippen LogP contribution in [0.25, 0.3) is 0 Å². The topological polar surface area (TPSA) is 73.2 Å². The first-order valence-corrected chi connectivity index (χ1v) is 6.43. The summed E-state index contributed by atoms with van der Waals surface area (Å²) in [4.78, 5) is 25.4. The number of nitriles is 1. The molecule has 0 radical (unpaired) electrons. The molecule has 5 heteroatoms. The Hall–Kier alpha value is -1.41. The van der Waals surface area contributed by atoms with E-state index >= 15 is 0 Å². The fourth-order valence-corrected chi connectivity index (χ4v) is 2.94. The zero-order chi connectivity index (χ0) is 13.5. The number of likely N-dealkylation sites (tertiary alicyclic amines) is 1. The molecule has 3 atom stereocenters. The number of piperidine rings is 1. The average Bonchev–Trinajstić information content (AvgIpc) is 2.78. The third kappa shape index (κ3) is 1.81. The number of carbonyl (C=O) groups excluding carboxylic acids is 2. The van der Waals surface area contributed by atoms with Gasteiger partial charge in [-0.2, -0.15) is 5.26 Å². The monoisotopic (exact) mass is 249 g/mol. The summed E-state index contributed by atoms with van der Waals surface area (Å²) < 4.78 is 0. The number of amides is 2. The second-order valence-electron chi connectivity index (χ2n) is 5.63. The molecule has 1 aliphatic heterocycles. The normalized spacial score (nSPS) is 30.0. The van der Waals surface area contributed by atoms with Crippen LogP contribution in [0.1, 0.15) is 27.2 Å². The molecule has 5 nitrogen and oxygen atoms in total. The smallest absolute Gasteiger partial charge is 0.233 e. The van der Waals surface area contributed by atoms with Gasteiger partial charge in [0.1, 0.15) is 0 Å². The molecule has 3 unspecified atom stereocenters. The zero-order valence-corrected chi connectivity index (χ0v) is 11.1. The predicted octanol–water partition coefficient (Wildman–Crippen LogP) is 0.519. The van der Waals surface area contributed by atoms with Gasteiger partial charge in [0.2, 0.25) is 11.8 Å². The maximum Gasteiger partial charge on any atom is 0.233 e. The lowest BCUT2D eigenvalue weighted by Gasteiger charge is -2.21. The van der Waals surface area contributed by atoms with Crippen LogP contribution in [0.2, 0.25) is 0 Å². The largest absolute Gasteiger partial charge is 0.302 e. The lowest BCUT2D eigenvalue weighted by Crippen LogP contribution is -2.40. The van der Waals surface area contributed by atoms with Gasteiger partial charge in [0.25, 0.3) is 0 Å². The highest BCUT2D eigenvalue weighted by atomic mass is 16.2. The number of nitrogens with zero attached hydrogens (tertiary/aromatic N) is 2. The van der Waals surface area contributed by atoms with Crippen molar-refractivity contribution in [3.63, 3.8) is 0 Å². The number of nitrogens with one attached hydrogen (secondary N) is 1. The second-order valence-corrected chi connectivity index (χ2v) is 5.63. The summed E-state index contributed by atoms with van der Waals surface area (Å²) in [7, 11) is 0. The third-order valence-corrected chi connectivity index (χ3v) is 4.14. The van der Waals surface area contributed by atoms with E-state index in [1.54, 1.807) is 0 Å². The molecule has 2 aliphatic rings. The number of hydrogen-bond acceptors (Lipinski definition) is 4. The standard InChI is InChI=1S/C13H19N3O2/c1-4-15-8(7-14)5-6-16-11(17)9-10(12(16)18)13(9,2)3/h8-10,15H,4-6H2,1-3H3. The molecule has 0 aromatic rings. The number of rotatable bonds is 5. The molecule has 0 spiro atoms. The maximum absolute atomic E-state index is 12.0. The van der Waals surface area contributed by atoms with Crippen LogP contribution in [-0.2, 0) is 9.59 Å². The molecule has 1 heterocycles. The third-order valence-electron chi connectivity index (χ3n) is 4.14. The quantitative estimate of drug-likeness (QED) is 0.721. The van der Waals surface area contributed by atoms with Gasteiger partial charge < -0.3 is 5.32 Å². The molecule has 2 amide bonds. The molecule has 0 aromatic heterocycles. The van der Waals surface area contributed by atoms with E-state index in [0.29, 0.717) is 19.5 Å². The fourth-order valence-electron chi connectivity index (χ4n) is 2.94. The van der Waals surface area contributed by atoms with Gasteiger partial charge in [-0.05, 0) is 18.4 Å². The summed E-state index contributed by atoms with van der Waals surface area (Å²) in [6.45, 7) is 6.91. The summed E-state index contributed by atoms with van der Waals surface area (Å²) in [5, 5.41) is 11.9. The van der Waals surface area contributed by atoms with Gasteiger partial charge in [-0.15, -0.1) is 0 Å². The van der Waals surface area contributed by atoms with Crippen molar-refractivity contribution in [2.75, 3.05) is 13.1 Å². The number of carbonyl (C=O) groups is 2. The summed E-state index contributed by atoms with van der Waals surface area (Å²) in [6, 6.07) is 1.84. The van der Waals surface area contributed by atoms with E-state index in [0.717, 1.165) is 0 Å². The minimum atomic E-state index is -0.291. The van der Waals surface area contributed by atoms with Gasteiger partial charge in [0.05, 0.1) is 23.9 Å². The maximum atomic E-state index is 12.0. The molecule has 0 bridgehead atoms. The van der Waals surface area contributed by atoms with E-state index in [1.807, 2.05) is 20.8 Å². The Kier molecular flexibility index (Phi) is 3.16. The van der Waals surface area contributed by atoms with Gasteiger partial charge in [-0.3, -0.25) is 14.5 Å². The van der Waals surface area contributed by atoms with Crippen molar-refractivity contribution in [2.24, 2.45) is 17.3 Å². The van der Waals surface area contributed by atoms with Crippen LogP contribution in [0.5, 0.6) is 0 Å². The molecular formula is C13H19N3O2. The number of imide groups is 1. The van der Waals surface area contributed by atoms with E-state index in [9.17, 15) is 9.59 Å². The fraction of sp³-hybridized carbons (Fsp3) is 0.769. The Morgan fingerprint density at radius 1 is 1.39 bits per heavy atom. The van der Waals surface area contributed by atoms with Crippen molar-refractivity contribution in [1.82, 2.24) is 10.2 Å². The molecule has 2 fully saturated rings. The number of fused-ring (bicyclic) bond motifs is 1. The Labute approximate surface area is 107 Å². The van der Waals surface area contributed by atoms with Gasteiger partial charge in [-0.25, -0.2) is 0 Å². The first kappa shape index (κ1) is 13.0. The van der Waals surface area contributed by atoms with E-state index in [-0.39, 0.29) is 35.1 Å². The lowest BCUT2D eigenvalue weighted by atomic mass is 10.1. The van der Waals surface area contributed by atoms with Crippen molar-refractivity contribution in [3.8, 4) is 6.07 Å². The minimum Gasteiger partial charge on any atom is -0.302 e. The highest BCUT2D eigenvalue weighted by Crippen LogP contribution is 2.63. The summed E-state index contributed by atoms with van der Waals surface area (Å²) in [6.07, 6.45) is 0.502. The second kappa shape index (κ2) is 4.36. The molecule has 1 saturated heterocycles. The van der Waals surface area contributed by atoms with Crippen LogP contribution in [0, 0.1) is 28.6 Å². The van der Waals surface area contributed by atoms with Crippen molar-refractivity contribution in [1.29, 1.82) is 5.26 Å². The molecule has 1 saturated carbocycles. The molecule has 1 N–H and O–H groups in total. The molecular weight excluding hydrogens is 230 g/mol. The van der Waals surface area contributed by atoms with Crippen LogP contribution in [0.3, 0.4) is 0 Å². The van der Waals surface area contributed by atoms with Gasteiger partial charge >= 0.3 is 0 Å². The van der Waals surface area contributed by atoms with E-state index in [2.05, 4.69) is 11.4 Å². The first-order chi connectivity index (χ1) is 8.45. The molecule has 1 aliphatic carbocycles. The Bertz CT molecular complexity index is 400. The van der Waals surface area contributed by atoms with E-state index in [1.165, 1.54) is 4.90 Å². The van der Waals surface area contributed by atoms with Crippen molar-refractivity contribution in [3.05, 3.63) is 0 Å². The highest BCUT2D eigenvalue weighted by Gasteiger charge is 2.72.